The molecule has 3 aliphatic rings. The van der Waals surface area contributed by atoms with Gasteiger partial charge in [0.1, 0.15) is 0 Å². The quantitative estimate of drug-likeness (QED) is 0.806. The molecule has 2 atom stereocenters. The number of hydrogen-bond acceptors (Lipinski definition) is 5. The van der Waals surface area contributed by atoms with E-state index >= 15 is 0 Å². The van der Waals surface area contributed by atoms with Crippen molar-refractivity contribution in [1.29, 1.82) is 0 Å². The number of rotatable bonds is 2. The first-order chi connectivity index (χ1) is 12.6. The fourth-order valence-electron chi connectivity index (χ4n) is 3.88. The van der Waals surface area contributed by atoms with Crippen molar-refractivity contribution in [2.24, 2.45) is 0 Å². The van der Waals surface area contributed by atoms with Gasteiger partial charge in [0.25, 0.3) is 0 Å². The standard InChI is InChI=1S/C20H27ClN4O/c1-13-3-4-15(11-17(13)21)19-16-5-7-22-8-6-18(16)23-20(24-19)25-9-10-26-12-14(25)2/h3-4,14,17,22H,5-12H2,1-2H3/t14-,17?/m0/s1. The Morgan fingerprint density at radius 1 is 1.23 bits per heavy atom. The summed E-state index contributed by atoms with van der Waals surface area (Å²) < 4.78 is 5.59. The van der Waals surface area contributed by atoms with Crippen LogP contribution in [0.3, 0.4) is 0 Å². The summed E-state index contributed by atoms with van der Waals surface area (Å²) in [6.45, 7) is 8.52. The van der Waals surface area contributed by atoms with Crippen molar-refractivity contribution in [2.45, 2.75) is 44.5 Å². The smallest absolute Gasteiger partial charge is 0.226 e. The van der Waals surface area contributed by atoms with Gasteiger partial charge in [0.15, 0.2) is 0 Å². The SMILES string of the molecule is CC1=CC=C(c2nc(N3CCOC[C@@H]3C)nc3c2CCNCC3)CC1Cl. The van der Waals surface area contributed by atoms with E-state index in [1.54, 1.807) is 0 Å². The summed E-state index contributed by atoms with van der Waals surface area (Å²) in [6, 6.07) is 0.293. The van der Waals surface area contributed by atoms with Gasteiger partial charge in [0, 0.05) is 25.1 Å². The normalized spacial score (nSPS) is 26.7. The van der Waals surface area contributed by atoms with Gasteiger partial charge in [-0.1, -0.05) is 17.7 Å². The second kappa shape index (κ2) is 7.67. The predicted octanol–water partition coefficient (Wildman–Crippen LogP) is 2.73. The Kier molecular flexibility index (Phi) is 5.30. The second-order valence-corrected chi connectivity index (χ2v) is 7.97. The Morgan fingerprint density at radius 2 is 2.08 bits per heavy atom. The summed E-state index contributed by atoms with van der Waals surface area (Å²) in [5, 5.41) is 3.54. The summed E-state index contributed by atoms with van der Waals surface area (Å²) in [6.07, 6.45) is 7.08. The summed E-state index contributed by atoms with van der Waals surface area (Å²) >= 11 is 6.55. The molecule has 3 heterocycles. The fraction of sp³-hybridized carbons (Fsp3) is 0.600. The molecule has 2 aliphatic heterocycles. The molecule has 0 saturated carbocycles. The first kappa shape index (κ1) is 18.0. The topological polar surface area (TPSA) is 50.3 Å². The zero-order chi connectivity index (χ0) is 18.1. The molecule has 5 nitrogen and oxygen atoms in total. The van der Waals surface area contributed by atoms with E-state index in [4.69, 9.17) is 26.3 Å². The fourth-order valence-corrected chi connectivity index (χ4v) is 4.12. The van der Waals surface area contributed by atoms with Crippen LogP contribution in [0, 0.1) is 0 Å². The maximum atomic E-state index is 6.55. The molecule has 0 spiro atoms. The lowest BCUT2D eigenvalue weighted by atomic mass is 9.92. The number of allylic oxidation sites excluding steroid dienone is 4. The zero-order valence-corrected chi connectivity index (χ0v) is 16.4. The highest BCUT2D eigenvalue weighted by Gasteiger charge is 2.27. The second-order valence-electron chi connectivity index (χ2n) is 7.44. The van der Waals surface area contributed by atoms with Crippen LogP contribution in [0.15, 0.2) is 17.7 Å². The molecule has 26 heavy (non-hydrogen) atoms. The summed E-state index contributed by atoms with van der Waals surface area (Å²) in [5.74, 6) is 0.842. The largest absolute Gasteiger partial charge is 0.377 e. The Labute approximate surface area is 160 Å². The van der Waals surface area contributed by atoms with Crippen molar-refractivity contribution in [3.63, 3.8) is 0 Å². The zero-order valence-electron chi connectivity index (χ0n) is 15.6. The molecule has 1 N–H and O–H groups in total. The molecule has 1 aromatic heterocycles. The van der Waals surface area contributed by atoms with Gasteiger partial charge in [0.05, 0.1) is 36.0 Å². The average Bonchev–Trinajstić information content (AvgIpc) is 2.89. The molecule has 1 saturated heterocycles. The molecule has 0 bridgehead atoms. The molecule has 1 fully saturated rings. The third-order valence-corrected chi connectivity index (χ3v) is 6.04. The maximum Gasteiger partial charge on any atom is 0.226 e. The van der Waals surface area contributed by atoms with Crippen molar-refractivity contribution in [1.82, 2.24) is 15.3 Å². The third kappa shape index (κ3) is 3.53. The van der Waals surface area contributed by atoms with E-state index in [1.807, 2.05) is 0 Å². The molecular weight excluding hydrogens is 348 g/mol. The molecule has 6 heteroatoms. The number of aromatic nitrogens is 2. The van der Waals surface area contributed by atoms with Gasteiger partial charge in [0.2, 0.25) is 5.95 Å². The van der Waals surface area contributed by atoms with Gasteiger partial charge in [-0.25, -0.2) is 9.97 Å². The molecule has 140 valence electrons. The van der Waals surface area contributed by atoms with Crippen molar-refractivity contribution in [3.05, 3.63) is 34.7 Å². The summed E-state index contributed by atoms with van der Waals surface area (Å²) in [7, 11) is 0. The minimum Gasteiger partial charge on any atom is -0.377 e. The van der Waals surface area contributed by atoms with Crippen molar-refractivity contribution >= 4 is 23.1 Å². The Morgan fingerprint density at radius 3 is 2.88 bits per heavy atom. The number of fused-ring (bicyclic) bond motifs is 1. The predicted molar refractivity (Wildman–Crippen MR) is 106 cm³/mol. The number of halogens is 1. The molecule has 0 radical (unpaired) electrons. The first-order valence-electron chi connectivity index (χ1n) is 9.60. The Hall–Kier alpha value is -1.43. The third-order valence-electron chi connectivity index (χ3n) is 5.54. The molecular formula is C20H27ClN4O. The lowest BCUT2D eigenvalue weighted by molar-refractivity contribution is 0.0980. The number of morpholine rings is 1. The Balaban J connectivity index is 1.79. The van der Waals surface area contributed by atoms with Crippen LogP contribution in [0.1, 0.15) is 37.2 Å². The van der Waals surface area contributed by atoms with Crippen molar-refractivity contribution in [3.8, 4) is 0 Å². The van der Waals surface area contributed by atoms with Crippen LogP contribution >= 0.6 is 11.6 Å². The van der Waals surface area contributed by atoms with E-state index in [0.29, 0.717) is 6.04 Å². The average molecular weight is 375 g/mol. The maximum absolute atomic E-state index is 6.55. The highest BCUT2D eigenvalue weighted by atomic mass is 35.5. The van der Waals surface area contributed by atoms with E-state index in [1.165, 1.54) is 22.4 Å². The van der Waals surface area contributed by atoms with Gasteiger partial charge < -0.3 is 15.0 Å². The van der Waals surface area contributed by atoms with Crippen LogP contribution < -0.4 is 10.2 Å². The van der Waals surface area contributed by atoms with E-state index in [-0.39, 0.29) is 5.38 Å². The van der Waals surface area contributed by atoms with E-state index in [9.17, 15) is 0 Å². The minimum absolute atomic E-state index is 0.0512. The molecule has 0 aromatic carbocycles. The number of hydrogen-bond donors (Lipinski definition) is 1. The van der Waals surface area contributed by atoms with Crippen LogP contribution in [-0.4, -0.2) is 54.2 Å². The van der Waals surface area contributed by atoms with Crippen LogP contribution in [0.5, 0.6) is 0 Å². The summed E-state index contributed by atoms with van der Waals surface area (Å²) in [4.78, 5) is 12.3. The van der Waals surface area contributed by atoms with Crippen molar-refractivity contribution in [2.75, 3.05) is 37.7 Å². The number of ether oxygens (including phenoxy) is 1. The summed E-state index contributed by atoms with van der Waals surface area (Å²) in [5.41, 5.74) is 6.04. The first-order valence-corrected chi connectivity index (χ1v) is 10.0. The number of alkyl halides is 1. The van der Waals surface area contributed by atoms with Crippen LogP contribution in [0.25, 0.3) is 5.57 Å². The van der Waals surface area contributed by atoms with E-state index in [2.05, 4.69) is 36.2 Å². The van der Waals surface area contributed by atoms with Crippen LogP contribution in [-0.2, 0) is 17.6 Å². The molecule has 1 aliphatic carbocycles. The lowest BCUT2D eigenvalue weighted by Crippen LogP contribution is -2.44. The van der Waals surface area contributed by atoms with E-state index in [0.717, 1.165) is 63.8 Å². The minimum atomic E-state index is 0.0512. The molecule has 0 amide bonds. The van der Waals surface area contributed by atoms with Gasteiger partial charge in [-0.3, -0.25) is 0 Å². The van der Waals surface area contributed by atoms with E-state index < -0.39 is 0 Å². The van der Waals surface area contributed by atoms with Gasteiger partial charge in [-0.05, 0) is 38.8 Å². The molecule has 1 unspecified atom stereocenters. The number of anilines is 1. The number of nitrogens with one attached hydrogen (secondary N) is 1. The monoisotopic (exact) mass is 374 g/mol. The van der Waals surface area contributed by atoms with Crippen molar-refractivity contribution < 1.29 is 4.74 Å². The van der Waals surface area contributed by atoms with Gasteiger partial charge in [-0.2, -0.15) is 0 Å². The Bertz CT molecular complexity index is 746. The van der Waals surface area contributed by atoms with Crippen LogP contribution in [0.4, 0.5) is 5.95 Å². The number of nitrogens with zero attached hydrogens (tertiary/aromatic N) is 3. The molecule has 1 aromatic rings. The molecule has 4 rings (SSSR count). The van der Waals surface area contributed by atoms with Gasteiger partial charge in [-0.15, -0.1) is 11.6 Å². The highest BCUT2D eigenvalue weighted by molar-refractivity contribution is 6.23. The highest BCUT2D eigenvalue weighted by Crippen LogP contribution is 2.33. The van der Waals surface area contributed by atoms with Gasteiger partial charge >= 0.3 is 0 Å². The van der Waals surface area contributed by atoms with Crippen LogP contribution in [0.2, 0.25) is 0 Å². The lowest BCUT2D eigenvalue weighted by Gasteiger charge is -2.34.